The molecule has 1 saturated carbocycles. The number of anilines is 1. The van der Waals surface area contributed by atoms with Crippen LogP contribution < -0.4 is 19.1 Å². The topological polar surface area (TPSA) is 124 Å². The third-order valence-corrected chi connectivity index (χ3v) is 13.3. The molecule has 1 N–H and O–H groups in total. The Morgan fingerprint density at radius 3 is 2.75 bits per heavy atom. The van der Waals surface area contributed by atoms with Crippen molar-refractivity contribution in [1.29, 1.82) is 0 Å². The maximum absolute atomic E-state index is 15.8. The molecule has 1 aromatic heterocycles. The maximum atomic E-state index is 15.8. The summed E-state index contributed by atoms with van der Waals surface area (Å²) in [7, 11) is 0.736. The standard InChI is InChI=1S/C38H45ClFN5O6S/c1-23-20-52(48,43-36(47)29-19-44(2)41-37(29)50-4)42-35(46)25-8-13-34-32(17-25)45(18-26-7-10-28(26)33(49-3)14-12-31(23)40)21-38(22-51-34)15-5-6-24-16-27(39)9-11-30(24)38/h8-9,11-14,16-17,19,23,26,28,31,33H,5-7,10,15,18,20-22H2,1-4H3,(H,42,43,46,47,48)/b14-12+/t23-,26+,28-,31+,33+,38+,52+/m1/s1. The Bertz CT molecular complexity index is 2030. The molecule has 0 radical (unpaired) electrons. The fraction of sp³-hybridized carbons (Fsp3) is 0.500. The third kappa shape index (κ3) is 7.06. The number of carbonyl (C=O) groups excluding carboxylic acids is 2. The van der Waals surface area contributed by atoms with Crippen LogP contribution in [0, 0.1) is 17.8 Å². The van der Waals surface area contributed by atoms with E-state index in [0.717, 1.165) is 37.8 Å². The Hall–Kier alpha value is -3.94. The molecule has 0 unspecified atom stereocenters. The molecule has 2 aliphatic carbocycles. The summed E-state index contributed by atoms with van der Waals surface area (Å²) in [5.41, 5.74) is 3.05. The predicted molar refractivity (Wildman–Crippen MR) is 197 cm³/mol. The molecule has 3 aromatic rings. The summed E-state index contributed by atoms with van der Waals surface area (Å²) in [4.78, 5) is 29.8. The second-order valence-electron chi connectivity index (χ2n) is 14.7. The largest absolute Gasteiger partial charge is 0.490 e. The lowest BCUT2D eigenvalue weighted by Crippen LogP contribution is -2.49. The number of methoxy groups -OCH3 is 2. The van der Waals surface area contributed by atoms with Crippen LogP contribution >= 0.6 is 11.6 Å². The van der Waals surface area contributed by atoms with Gasteiger partial charge in [0.1, 0.15) is 27.4 Å². The molecule has 278 valence electrons. The van der Waals surface area contributed by atoms with Gasteiger partial charge in [0.15, 0.2) is 0 Å². The lowest BCUT2D eigenvalue weighted by Gasteiger charge is -2.46. The van der Waals surface area contributed by atoms with Gasteiger partial charge in [-0.1, -0.05) is 36.7 Å². The SMILES string of the molecule is COc1nn(C)cc1C(=O)N[S@@]1(=O)=NC(=O)c2ccc3c(c2)N(C[C@@H]2CC[C@H]2[C@@H](OC)/C=C/[C@H](F)[C@H](C)C1)C[C@@]1(CCCc2cc(Cl)ccc21)CO3. The second kappa shape index (κ2) is 14.5. The molecular formula is C38H45ClFN5O6S. The summed E-state index contributed by atoms with van der Waals surface area (Å²) in [5.74, 6) is -1.86. The first-order chi connectivity index (χ1) is 24.9. The Balaban J connectivity index is 1.32. The molecule has 0 saturated heterocycles. The van der Waals surface area contributed by atoms with E-state index in [0.29, 0.717) is 30.5 Å². The van der Waals surface area contributed by atoms with Gasteiger partial charge in [-0.3, -0.25) is 19.0 Å². The molecule has 2 bridgehead atoms. The van der Waals surface area contributed by atoms with Gasteiger partial charge in [-0.2, -0.15) is 0 Å². The van der Waals surface area contributed by atoms with Crippen LogP contribution in [0.2, 0.25) is 5.02 Å². The molecule has 7 rings (SSSR count). The molecule has 14 heteroatoms. The van der Waals surface area contributed by atoms with Gasteiger partial charge in [0.2, 0.25) is 5.88 Å². The molecule has 2 aliphatic heterocycles. The normalized spacial score (nSPS) is 30.8. The van der Waals surface area contributed by atoms with Crippen LogP contribution in [0.4, 0.5) is 10.1 Å². The van der Waals surface area contributed by atoms with Gasteiger partial charge < -0.3 is 19.1 Å². The summed E-state index contributed by atoms with van der Waals surface area (Å²) in [6.45, 7) is 3.34. The van der Waals surface area contributed by atoms with Crippen LogP contribution in [-0.4, -0.2) is 77.7 Å². The molecular weight excluding hydrogens is 709 g/mol. The minimum absolute atomic E-state index is 0.00293. The number of alkyl halides is 1. The van der Waals surface area contributed by atoms with E-state index in [9.17, 15) is 13.8 Å². The van der Waals surface area contributed by atoms with Gasteiger partial charge in [-0.25, -0.2) is 8.60 Å². The lowest BCUT2D eigenvalue weighted by atomic mass is 9.68. The number of carbonyl (C=O) groups is 2. The van der Waals surface area contributed by atoms with Crippen molar-refractivity contribution in [3.8, 4) is 11.6 Å². The number of nitrogens with one attached hydrogen (secondary N) is 1. The van der Waals surface area contributed by atoms with Crippen molar-refractivity contribution in [3.05, 3.63) is 82.0 Å². The predicted octanol–water partition coefficient (Wildman–Crippen LogP) is 6.09. The van der Waals surface area contributed by atoms with Crippen LogP contribution in [0.15, 0.2) is 59.1 Å². The number of allylic oxidation sites excluding steroid dienone is 1. The average molecular weight is 754 g/mol. The summed E-state index contributed by atoms with van der Waals surface area (Å²) < 4.78 is 56.1. The van der Waals surface area contributed by atoms with Gasteiger partial charge >= 0.3 is 0 Å². The van der Waals surface area contributed by atoms with Gasteiger partial charge in [-0.15, -0.1) is 9.46 Å². The number of nitrogens with zero attached hydrogens (tertiary/aromatic N) is 4. The summed E-state index contributed by atoms with van der Waals surface area (Å²) in [6, 6.07) is 11.2. The molecule has 1 fully saturated rings. The van der Waals surface area contributed by atoms with Gasteiger partial charge in [0, 0.05) is 55.4 Å². The monoisotopic (exact) mass is 753 g/mol. The molecule has 52 heavy (non-hydrogen) atoms. The number of halogens is 2. The number of hydrogen-bond acceptors (Lipinski definition) is 8. The number of hydrogen-bond donors (Lipinski definition) is 1. The number of amides is 2. The van der Waals surface area contributed by atoms with Crippen molar-refractivity contribution in [2.75, 3.05) is 44.6 Å². The van der Waals surface area contributed by atoms with Crippen molar-refractivity contribution >= 4 is 39.0 Å². The minimum Gasteiger partial charge on any atom is -0.490 e. The van der Waals surface area contributed by atoms with Gasteiger partial charge in [0.05, 0.1) is 31.3 Å². The molecule has 1 spiro atoms. The number of rotatable bonds is 4. The molecule has 2 amide bonds. The quantitative estimate of drug-likeness (QED) is 0.318. The molecule has 4 aliphatic rings. The highest BCUT2D eigenvalue weighted by Gasteiger charge is 2.44. The van der Waals surface area contributed by atoms with Gasteiger partial charge in [0.25, 0.3) is 11.8 Å². The van der Waals surface area contributed by atoms with Crippen molar-refractivity contribution in [3.63, 3.8) is 0 Å². The zero-order valence-corrected chi connectivity index (χ0v) is 31.4. The van der Waals surface area contributed by atoms with Crippen molar-refractivity contribution in [2.24, 2.45) is 29.2 Å². The van der Waals surface area contributed by atoms with E-state index < -0.39 is 39.6 Å². The highest BCUT2D eigenvalue weighted by molar-refractivity contribution is 7.92. The van der Waals surface area contributed by atoms with E-state index in [2.05, 4.69) is 31.2 Å². The fourth-order valence-electron chi connectivity index (χ4n) is 8.30. The van der Waals surface area contributed by atoms with Crippen molar-refractivity contribution in [2.45, 2.75) is 56.7 Å². The summed E-state index contributed by atoms with van der Waals surface area (Å²) in [6.07, 6.45) is 7.49. The first-order valence-corrected chi connectivity index (χ1v) is 19.8. The zero-order chi connectivity index (χ0) is 36.8. The number of aromatic nitrogens is 2. The van der Waals surface area contributed by atoms with E-state index in [1.807, 2.05) is 6.07 Å². The Morgan fingerprint density at radius 2 is 2.00 bits per heavy atom. The van der Waals surface area contributed by atoms with Crippen LogP contribution in [-0.2, 0) is 33.5 Å². The van der Waals surface area contributed by atoms with E-state index in [1.54, 1.807) is 45.4 Å². The van der Waals surface area contributed by atoms with Gasteiger partial charge in [-0.05, 0) is 85.4 Å². The highest BCUT2D eigenvalue weighted by atomic mass is 35.5. The Labute approximate surface area is 309 Å². The van der Waals surface area contributed by atoms with E-state index in [4.69, 9.17) is 25.8 Å². The fourth-order valence-corrected chi connectivity index (χ4v) is 10.4. The maximum Gasteiger partial charge on any atom is 0.286 e. The zero-order valence-electron chi connectivity index (χ0n) is 29.8. The van der Waals surface area contributed by atoms with Crippen LogP contribution in [0.1, 0.15) is 64.4 Å². The van der Waals surface area contributed by atoms with Crippen LogP contribution in [0.5, 0.6) is 11.6 Å². The highest BCUT2D eigenvalue weighted by Crippen LogP contribution is 2.47. The number of fused-ring (bicyclic) bond motifs is 4. The minimum atomic E-state index is -3.87. The van der Waals surface area contributed by atoms with E-state index in [-0.39, 0.29) is 40.4 Å². The third-order valence-electron chi connectivity index (χ3n) is 11.1. The van der Waals surface area contributed by atoms with Crippen LogP contribution in [0.3, 0.4) is 0 Å². The van der Waals surface area contributed by atoms with Crippen molar-refractivity contribution < 1.29 is 32.4 Å². The number of benzene rings is 2. The Kier molecular flexibility index (Phi) is 10.1. The first kappa shape index (κ1) is 36.4. The second-order valence-corrected chi connectivity index (χ2v) is 17.1. The lowest BCUT2D eigenvalue weighted by molar-refractivity contribution is 0.0128. The molecule has 2 aromatic carbocycles. The Morgan fingerprint density at radius 1 is 1.17 bits per heavy atom. The number of aryl methyl sites for hydroxylation is 2. The molecule has 7 atom stereocenters. The average Bonchev–Trinajstić information content (AvgIpc) is 3.42. The summed E-state index contributed by atoms with van der Waals surface area (Å²) in [5, 5.41) is 4.81. The molecule has 11 nitrogen and oxygen atoms in total. The number of ether oxygens (including phenoxy) is 3. The smallest absolute Gasteiger partial charge is 0.286 e. The van der Waals surface area contributed by atoms with Crippen LogP contribution in [0.25, 0.3) is 0 Å². The summed E-state index contributed by atoms with van der Waals surface area (Å²) >= 11 is 6.44. The van der Waals surface area contributed by atoms with E-state index in [1.165, 1.54) is 35.2 Å². The van der Waals surface area contributed by atoms with E-state index >= 15 is 4.39 Å². The molecule has 3 heterocycles. The van der Waals surface area contributed by atoms with Crippen molar-refractivity contribution in [1.82, 2.24) is 14.5 Å². The first-order valence-electron chi connectivity index (χ1n) is 17.8.